The largest absolute Gasteiger partial charge is 0.395 e. The normalized spacial score (nSPS) is 21.8. The smallest absolute Gasteiger partial charge is 0.162 e. The molecule has 2 rings (SSSR count). The first-order valence-corrected chi connectivity index (χ1v) is 5.62. The Balaban J connectivity index is 1.92. The molecule has 0 spiro atoms. The van der Waals surface area contributed by atoms with Gasteiger partial charge in [0.2, 0.25) is 0 Å². The van der Waals surface area contributed by atoms with Gasteiger partial charge in [0.05, 0.1) is 12.3 Å². The van der Waals surface area contributed by atoms with Crippen molar-refractivity contribution < 1.29 is 14.4 Å². The highest BCUT2D eigenvalue weighted by Gasteiger charge is 2.24. The van der Waals surface area contributed by atoms with E-state index in [4.69, 9.17) is 9.26 Å². The van der Waals surface area contributed by atoms with Gasteiger partial charge in [-0.25, -0.2) is 0 Å². The molecule has 0 unspecified atom stereocenters. The van der Waals surface area contributed by atoms with Gasteiger partial charge in [0, 0.05) is 25.8 Å². The van der Waals surface area contributed by atoms with Crippen LogP contribution < -0.4 is 0 Å². The maximum absolute atomic E-state index is 9.20. The third-order valence-corrected chi connectivity index (χ3v) is 2.97. The quantitative estimate of drug-likeness (QED) is 0.804. The molecule has 0 aromatic carbocycles. The molecule has 0 radical (unpaired) electrons. The maximum atomic E-state index is 9.20. The summed E-state index contributed by atoms with van der Waals surface area (Å²) in [5.74, 6) is 0.747. The van der Waals surface area contributed by atoms with Crippen LogP contribution in [-0.2, 0) is 17.9 Å². The fourth-order valence-corrected chi connectivity index (χ4v) is 2.16. The molecule has 90 valence electrons. The fraction of sp³-hybridized carbons (Fsp3) is 0.727. The van der Waals surface area contributed by atoms with Gasteiger partial charge in [-0.15, -0.1) is 0 Å². The summed E-state index contributed by atoms with van der Waals surface area (Å²) in [6.07, 6.45) is 2.22. The van der Waals surface area contributed by atoms with Crippen LogP contribution in [0.3, 0.4) is 0 Å². The van der Waals surface area contributed by atoms with Gasteiger partial charge in [0.15, 0.2) is 5.76 Å². The van der Waals surface area contributed by atoms with Crippen molar-refractivity contribution in [3.63, 3.8) is 0 Å². The number of hydrogen-bond donors (Lipinski definition) is 1. The number of nitrogens with zero attached hydrogens (tertiary/aromatic N) is 2. The summed E-state index contributed by atoms with van der Waals surface area (Å²) in [5, 5.41) is 13.2. The zero-order valence-electron chi connectivity index (χ0n) is 9.56. The van der Waals surface area contributed by atoms with Crippen molar-refractivity contribution in [1.82, 2.24) is 10.1 Å². The van der Waals surface area contributed by atoms with Crippen molar-refractivity contribution in [3.8, 4) is 0 Å². The summed E-state index contributed by atoms with van der Waals surface area (Å²) in [5.41, 5.74) is 0.910. The lowest BCUT2D eigenvalue weighted by molar-refractivity contribution is 0.148. The zero-order valence-corrected chi connectivity index (χ0v) is 9.56. The van der Waals surface area contributed by atoms with Gasteiger partial charge >= 0.3 is 0 Å². The van der Waals surface area contributed by atoms with Crippen LogP contribution in [0.5, 0.6) is 0 Å². The molecule has 1 aromatic rings. The lowest BCUT2D eigenvalue weighted by Crippen LogP contribution is -2.31. The average Bonchev–Trinajstić information content (AvgIpc) is 2.89. The topological polar surface area (TPSA) is 58.7 Å². The molecule has 0 amide bonds. The van der Waals surface area contributed by atoms with E-state index < -0.39 is 0 Å². The van der Waals surface area contributed by atoms with Gasteiger partial charge in [-0.05, 0) is 19.4 Å². The first-order valence-electron chi connectivity index (χ1n) is 5.62. The lowest BCUT2D eigenvalue weighted by atomic mass is 10.2. The number of hydrogen-bond acceptors (Lipinski definition) is 5. The molecular weight excluding hydrogens is 208 g/mol. The van der Waals surface area contributed by atoms with Crippen molar-refractivity contribution in [1.29, 1.82) is 0 Å². The number of rotatable bonds is 5. The van der Waals surface area contributed by atoms with Crippen LogP contribution in [0.2, 0.25) is 0 Å². The Morgan fingerprint density at radius 2 is 2.56 bits per heavy atom. The lowest BCUT2D eigenvalue weighted by Gasteiger charge is -2.20. The Bertz CT molecular complexity index is 327. The highest BCUT2D eigenvalue weighted by Crippen LogP contribution is 2.19. The SMILES string of the molecule is COCc1cc(CN2CCC[C@@H]2CO)no1. The second-order valence-electron chi connectivity index (χ2n) is 4.17. The average molecular weight is 226 g/mol. The molecule has 0 bridgehead atoms. The minimum atomic E-state index is 0.225. The third kappa shape index (κ3) is 2.61. The molecule has 1 atom stereocenters. The number of aliphatic hydroxyl groups excluding tert-OH is 1. The van der Waals surface area contributed by atoms with E-state index in [0.29, 0.717) is 6.61 Å². The second kappa shape index (κ2) is 5.43. The number of methoxy groups -OCH3 is 1. The molecule has 5 heteroatoms. The standard InChI is InChI=1S/C11H18N2O3/c1-15-8-11-5-9(12-16-11)6-13-4-2-3-10(13)7-14/h5,10,14H,2-4,6-8H2,1H3/t10-/m1/s1. The van der Waals surface area contributed by atoms with Crippen LogP contribution >= 0.6 is 0 Å². The Hall–Kier alpha value is -0.910. The molecule has 1 fully saturated rings. The number of aliphatic hydroxyl groups is 1. The molecule has 5 nitrogen and oxygen atoms in total. The van der Waals surface area contributed by atoms with Crippen molar-refractivity contribution in [2.45, 2.75) is 32.0 Å². The van der Waals surface area contributed by atoms with Crippen LogP contribution in [0.4, 0.5) is 0 Å². The molecule has 16 heavy (non-hydrogen) atoms. The van der Waals surface area contributed by atoms with Crippen molar-refractivity contribution >= 4 is 0 Å². The summed E-state index contributed by atoms with van der Waals surface area (Å²) in [4.78, 5) is 2.24. The van der Waals surface area contributed by atoms with Crippen molar-refractivity contribution in [3.05, 3.63) is 17.5 Å². The van der Waals surface area contributed by atoms with E-state index in [0.717, 1.165) is 37.4 Å². The molecule has 1 N–H and O–H groups in total. The Labute approximate surface area is 95.0 Å². The Kier molecular flexibility index (Phi) is 3.93. The van der Waals surface area contributed by atoms with E-state index >= 15 is 0 Å². The summed E-state index contributed by atoms with van der Waals surface area (Å²) in [7, 11) is 1.63. The van der Waals surface area contributed by atoms with Gasteiger partial charge in [-0.1, -0.05) is 5.16 Å². The van der Waals surface area contributed by atoms with Gasteiger partial charge in [0.25, 0.3) is 0 Å². The van der Waals surface area contributed by atoms with Crippen LogP contribution in [0.15, 0.2) is 10.6 Å². The number of ether oxygens (including phenoxy) is 1. The molecule has 0 saturated carbocycles. The molecular formula is C11H18N2O3. The van der Waals surface area contributed by atoms with E-state index in [9.17, 15) is 5.11 Å². The van der Waals surface area contributed by atoms with E-state index in [1.165, 1.54) is 0 Å². The Morgan fingerprint density at radius 3 is 3.31 bits per heavy atom. The maximum Gasteiger partial charge on any atom is 0.162 e. The van der Waals surface area contributed by atoms with Crippen LogP contribution in [0.25, 0.3) is 0 Å². The third-order valence-electron chi connectivity index (χ3n) is 2.97. The molecule has 2 heterocycles. The highest BCUT2D eigenvalue weighted by molar-refractivity contribution is 5.05. The predicted octanol–water partition coefficient (Wildman–Crippen LogP) is 0.778. The molecule has 0 aliphatic carbocycles. The first-order chi connectivity index (χ1) is 7.83. The van der Waals surface area contributed by atoms with E-state index in [2.05, 4.69) is 10.1 Å². The predicted molar refractivity (Wildman–Crippen MR) is 57.7 cm³/mol. The van der Waals surface area contributed by atoms with Gasteiger partial charge in [0.1, 0.15) is 6.61 Å². The van der Waals surface area contributed by atoms with Gasteiger partial charge in [-0.2, -0.15) is 0 Å². The number of aromatic nitrogens is 1. The second-order valence-corrected chi connectivity index (χ2v) is 4.17. The summed E-state index contributed by atoms with van der Waals surface area (Å²) >= 11 is 0. The highest BCUT2D eigenvalue weighted by atomic mass is 16.5. The van der Waals surface area contributed by atoms with Gasteiger partial charge < -0.3 is 14.4 Å². The van der Waals surface area contributed by atoms with Crippen LogP contribution in [-0.4, -0.2) is 41.5 Å². The Morgan fingerprint density at radius 1 is 1.69 bits per heavy atom. The van der Waals surface area contributed by atoms with Gasteiger partial charge in [-0.3, -0.25) is 4.90 Å². The molecule has 1 aliphatic heterocycles. The zero-order chi connectivity index (χ0) is 11.4. The van der Waals surface area contributed by atoms with E-state index in [1.807, 2.05) is 6.07 Å². The summed E-state index contributed by atoms with van der Waals surface area (Å²) in [6, 6.07) is 2.19. The molecule has 1 aliphatic rings. The minimum Gasteiger partial charge on any atom is -0.395 e. The molecule has 1 saturated heterocycles. The van der Waals surface area contributed by atoms with E-state index in [1.54, 1.807) is 7.11 Å². The first kappa shape index (κ1) is 11.6. The van der Waals surface area contributed by atoms with Crippen molar-refractivity contribution in [2.24, 2.45) is 0 Å². The van der Waals surface area contributed by atoms with Crippen LogP contribution in [0.1, 0.15) is 24.3 Å². The minimum absolute atomic E-state index is 0.225. The van der Waals surface area contributed by atoms with E-state index in [-0.39, 0.29) is 12.6 Å². The van der Waals surface area contributed by atoms with Crippen LogP contribution in [0, 0.1) is 0 Å². The van der Waals surface area contributed by atoms with Crippen molar-refractivity contribution in [2.75, 3.05) is 20.3 Å². The number of likely N-dealkylation sites (tertiary alicyclic amines) is 1. The summed E-state index contributed by atoms with van der Waals surface area (Å²) < 4.78 is 10.1. The molecule has 1 aromatic heterocycles. The fourth-order valence-electron chi connectivity index (χ4n) is 2.16. The summed E-state index contributed by atoms with van der Waals surface area (Å²) in [6.45, 7) is 2.45. The monoisotopic (exact) mass is 226 g/mol.